The number of halogens is 1. The maximum atomic E-state index is 12.3. The molecule has 0 aliphatic heterocycles. The first-order valence-electron chi connectivity index (χ1n) is 8.00. The van der Waals surface area contributed by atoms with E-state index in [2.05, 4.69) is 21.2 Å². The van der Waals surface area contributed by atoms with Crippen molar-refractivity contribution in [3.8, 4) is 17.2 Å². The zero-order chi connectivity index (χ0) is 18.4. The fraction of sp³-hybridized carbons (Fsp3) is 0. The number of nitrogens with one attached hydrogen (secondary N) is 1. The molecule has 0 spiro atoms. The van der Waals surface area contributed by atoms with Crippen LogP contribution in [0.5, 0.6) is 0 Å². The lowest BCUT2D eigenvalue weighted by atomic mass is 10.0. The van der Waals surface area contributed by atoms with Crippen LogP contribution in [0.2, 0.25) is 0 Å². The number of benzene rings is 3. The van der Waals surface area contributed by atoms with Gasteiger partial charge in [0.05, 0.1) is 0 Å². The van der Waals surface area contributed by atoms with E-state index < -0.39 is 5.91 Å². The van der Waals surface area contributed by atoms with Crippen LogP contribution in [-0.4, -0.2) is 5.91 Å². The van der Waals surface area contributed by atoms with E-state index in [1.165, 1.54) is 0 Å². The Kier molecular flexibility index (Phi) is 5.62. The fourth-order valence-electron chi connectivity index (χ4n) is 2.45. The lowest BCUT2D eigenvalue weighted by molar-refractivity contribution is -0.112. The number of nitriles is 1. The predicted molar refractivity (Wildman–Crippen MR) is 108 cm³/mol. The third kappa shape index (κ3) is 4.47. The standard InChI is InChI=1S/C22H15BrN2O/c23-20-10-12-21(13-11-20)25-22(26)19(15-24)14-16-6-8-18(9-7-16)17-4-2-1-3-5-17/h1-14H,(H,25,26). The lowest BCUT2D eigenvalue weighted by Crippen LogP contribution is -2.13. The molecule has 3 aromatic rings. The van der Waals surface area contributed by atoms with Crippen molar-refractivity contribution < 1.29 is 4.79 Å². The van der Waals surface area contributed by atoms with E-state index in [9.17, 15) is 10.1 Å². The van der Waals surface area contributed by atoms with E-state index in [1.807, 2.05) is 72.8 Å². The molecule has 0 aromatic heterocycles. The van der Waals surface area contributed by atoms with Gasteiger partial charge in [0.15, 0.2) is 0 Å². The highest BCUT2D eigenvalue weighted by molar-refractivity contribution is 9.10. The average Bonchev–Trinajstić information content (AvgIpc) is 2.69. The summed E-state index contributed by atoms with van der Waals surface area (Å²) in [6.45, 7) is 0. The van der Waals surface area contributed by atoms with Crippen molar-refractivity contribution in [3.05, 3.63) is 94.5 Å². The third-order valence-corrected chi connectivity index (χ3v) is 4.32. The molecular formula is C22H15BrN2O. The number of amides is 1. The Morgan fingerprint density at radius 1 is 0.885 bits per heavy atom. The van der Waals surface area contributed by atoms with E-state index in [0.29, 0.717) is 5.69 Å². The molecule has 0 saturated carbocycles. The van der Waals surface area contributed by atoms with Gasteiger partial charge in [-0.15, -0.1) is 0 Å². The summed E-state index contributed by atoms with van der Waals surface area (Å²) in [5.74, 6) is -0.429. The Bertz CT molecular complexity index is 969. The van der Waals surface area contributed by atoms with Crippen molar-refractivity contribution in [1.29, 1.82) is 5.26 Å². The van der Waals surface area contributed by atoms with Crippen LogP contribution in [0.3, 0.4) is 0 Å². The second kappa shape index (κ2) is 8.28. The van der Waals surface area contributed by atoms with Crippen LogP contribution < -0.4 is 5.32 Å². The van der Waals surface area contributed by atoms with Crippen LogP contribution in [0.25, 0.3) is 17.2 Å². The van der Waals surface area contributed by atoms with Gasteiger partial charge in [-0.05, 0) is 47.0 Å². The van der Waals surface area contributed by atoms with E-state index >= 15 is 0 Å². The summed E-state index contributed by atoms with van der Waals surface area (Å²) < 4.78 is 0.921. The molecule has 1 amide bonds. The SMILES string of the molecule is N#CC(=Cc1ccc(-c2ccccc2)cc1)C(=O)Nc1ccc(Br)cc1. The molecule has 0 saturated heterocycles. The van der Waals surface area contributed by atoms with Gasteiger partial charge in [-0.25, -0.2) is 0 Å². The lowest BCUT2D eigenvalue weighted by Gasteiger charge is -2.05. The first kappa shape index (κ1) is 17.7. The number of anilines is 1. The summed E-state index contributed by atoms with van der Waals surface area (Å²) in [6.07, 6.45) is 1.59. The number of carbonyl (C=O) groups is 1. The molecule has 0 aliphatic carbocycles. The highest BCUT2D eigenvalue weighted by atomic mass is 79.9. The average molecular weight is 403 g/mol. The minimum Gasteiger partial charge on any atom is -0.321 e. The van der Waals surface area contributed by atoms with Gasteiger partial charge in [-0.1, -0.05) is 70.5 Å². The molecule has 0 radical (unpaired) electrons. The van der Waals surface area contributed by atoms with Gasteiger partial charge in [0.1, 0.15) is 11.6 Å². The van der Waals surface area contributed by atoms with Gasteiger partial charge in [0.2, 0.25) is 0 Å². The molecule has 0 heterocycles. The second-order valence-electron chi connectivity index (χ2n) is 5.62. The molecule has 3 nitrogen and oxygen atoms in total. The summed E-state index contributed by atoms with van der Waals surface area (Å²) in [5.41, 5.74) is 3.70. The predicted octanol–water partition coefficient (Wildman–Crippen LogP) is 5.66. The van der Waals surface area contributed by atoms with Gasteiger partial charge in [-0.3, -0.25) is 4.79 Å². The van der Waals surface area contributed by atoms with E-state index in [1.54, 1.807) is 18.2 Å². The molecule has 0 aliphatic rings. The molecule has 1 N–H and O–H groups in total. The number of carbonyl (C=O) groups excluding carboxylic acids is 1. The normalized spacial score (nSPS) is 10.8. The largest absolute Gasteiger partial charge is 0.321 e. The van der Waals surface area contributed by atoms with Crippen LogP contribution in [0, 0.1) is 11.3 Å². The third-order valence-electron chi connectivity index (χ3n) is 3.80. The van der Waals surface area contributed by atoms with Crippen molar-refractivity contribution >= 4 is 33.6 Å². The molecule has 0 bridgehead atoms. The zero-order valence-corrected chi connectivity index (χ0v) is 15.4. The van der Waals surface area contributed by atoms with E-state index in [4.69, 9.17) is 0 Å². The van der Waals surface area contributed by atoms with Gasteiger partial charge in [0, 0.05) is 10.2 Å². The van der Waals surface area contributed by atoms with Crippen molar-refractivity contribution in [3.63, 3.8) is 0 Å². The quantitative estimate of drug-likeness (QED) is 0.451. The zero-order valence-electron chi connectivity index (χ0n) is 13.8. The molecule has 0 atom stereocenters. The summed E-state index contributed by atoms with van der Waals surface area (Å²) in [6, 6.07) is 26.9. The Balaban J connectivity index is 1.77. The monoisotopic (exact) mass is 402 g/mol. The minimum atomic E-state index is -0.429. The number of hydrogen-bond acceptors (Lipinski definition) is 2. The smallest absolute Gasteiger partial charge is 0.266 e. The molecule has 0 unspecified atom stereocenters. The van der Waals surface area contributed by atoms with Gasteiger partial charge in [0.25, 0.3) is 5.91 Å². The highest BCUT2D eigenvalue weighted by Gasteiger charge is 2.09. The topological polar surface area (TPSA) is 52.9 Å². The highest BCUT2D eigenvalue weighted by Crippen LogP contribution is 2.20. The summed E-state index contributed by atoms with van der Waals surface area (Å²) in [5, 5.41) is 12.1. The molecule has 126 valence electrons. The van der Waals surface area contributed by atoms with Crippen molar-refractivity contribution in [1.82, 2.24) is 0 Å². The number of rotatable bonds is 4. The number of hydrogen-bond donors (Lipinski definition) is 1. The van der Waals surface area contributed by atoms with Crippen molar-refractivity contribution in [2.75, 3.05) is 5.32 Å². The summed E-state index contributed by atoms with van der Waals surface area (Å²) >= 11 is 3.34. The Labute approximate surface area is 160 Å². The summed E-state index contributed by atoms with van der Waals surface area (Å²) in [4.78, 5) is 12.3. The molecule has 26 heavy (non-hydrogen) atoms. The maximum absolute atomic E-state index is 12.3. The molecular weight excluding hydrogens is 388 g/mol. The first-order chi connectivity index (χ1) is 12.7. The van der Waals surface area contributed by atoms with Gasteiger partial charge < -0.3 is 5.32 Å². The van der Waals surface area contributed by atoms with Crippen molar-refractivity contribution in [2.24, 2.45) is 0 Å². The Morgan fingerprint density at radius 3 is 2.12 bits per heavy atom. The maximum Gasteiger partial charge on any atom is 0.266 e. The molecule has 3 aromatic carbocycles. The summed E-state index contributed by atoms with van der Waals surface area (Å²) in [7, 11) is 0. The van der Waals surface area contributed by atoms with Crippen LogP contribution in [-0.2, 0) is 4.79 Å². The van der Waals surface area contributed by atoms with E-state index in [-0.39, 0.29) is 5.57 Å². The second-order valence-corrected chi connectivity index (χ2v) is 6.53. The van der Waals surface area contributed by atoms with Gasteiger partial charge in [-0.2, -0.15) is 5.26 Å². The fourth-order valence-corrected chi connectivity index (χ4v) is 2.71. The van der Waals surface area contributed by atoms with Crippen molar-refractivity contribution in [2.45, 2.75) is 0 Å². The van der Waals surface area contributed by atoms with Crippen LogP contribution in [0.4, 0.5) is 5.69 Å². The number of nitrogens with zero attached hydrogens (tertiary/aromatic N) is 1. The first-order valence-corrected chi connectivity index (χ1v) is 8.79. The minimum absolute atomic E-state index is 0.0559. The molecule has 4 heteroatoms. The van der Waals surface area contributed by atoms with Gasteiger partial charge >= 0.3 is 0 Å². The Morgan fingerprint density at radius 2 is 1.50 bits per heavy atom. The molecule has 0 fully saturated rings. The van der Waals surface area contributed by atoms with E-state index in [0.717, 1.165) is 21.2 Å². The van der Waals surface area contributed by atoms with Crippen LogP contribution in [0.15, 0.2) is 88.9 Å². The van der Waals surface area contributed by atoms with Crippen LogP contribution >= 0.6 is 15.9 Å². The Hall–Kier alpha value is -3.16. The van der Waals surface area contributed by atoms with Crippen LogP contribution in [0.1, 0.15) is 5.56 Å². The molecule has 3 rings (SSSR count).